The van der Waals surface area contributed by atoms with Gasteiger partial charge in [0.15, 0.2) is 5.65 Å². The number of fused-ring (bicyclic) bond motifs is 1. The van der Waals surface area contributed by atoms with Gasteiger partial charge in [0.2, 0.25) is 0 Å². The Morgan fingerprint density at radius 1 is 1.42 bits per heavy atom. The lowest BCUT2D eigenvalue weighted by Crippen LogP contribution is -1.91. The minimum atomic E-state index is 0.950. The Balaban J connectivity index is 2.92. The number of hydrogen-bond acceptors (Lipinski definition) is 2. The van der Waals surface area contributed by atoms with Gasteiger partial charge in [-0.3, -0.25) is 0 Å². The maximum Gasteiger partial charge on any atom is 0.161 e. The van der Waals surface area contributed by atoms with Crippen molar-refractivity contribution >= 4 is 56.3 Å². The highest BCUT2D eigenvalue weighted by atomic mass is 127. The maximum atomic E-state index is 4.38. The normalized spacial score (nSPS) is 10.9. The lowest BCUT2D eigenvalue weighted by molar-refractivity contribution is 0.928. The topological polar surface area (TPSA) is 30.7 Å². The second kappa shape index (κ2) is 3.09. The zero-order valence-electron chi connectivity index (χ0n) is 6.25. The lowest BCUT2D eigenvalue weighted by atomic mass is 10.4. The maximum absolute atomic E-state index is 4.38. The largest absolute Gasteiger partial charge is 0.318 e. The van der Waals surface area contributed by atoms with Gasteiger partial charge >= 0.3 is 0 Å². The standard InChI is InChI=1S/C7H5I2N3/c1-12-3-10-6-4(8)2-5(9)11-7(6)12/h2-3H,1H3. The Labute approximate surface area is 96.9 Å². The zero-order valence-corrected chi connectivity index (χ0v) is 10.6. The molecule has 0 saturated heterocycles. The molecule has 0 aromatic carbocycles. The van der Waals surface area contributed by atoms with Crippen molar-refractivity contribution in [3.8, 4) is 0 Å². The van der Waals surface area contributed by atoms with E-state index in [-0.39, 0.29) is 0 Å². The summed E-state index contributed by atoms with van der Waals surface area (Å²) in [6, 6.07) is 2.02. The first-order valence-electron chi connectivity index (χ1n) is 3.31. The molecule has 2 rings (SSSR count). The number of halogens is 2. The van der Waals surface area contributed by atoms with Gasteiger partial charge in [-0.2, -0.15) is 0 Å². The number of rotatable bonds is 0. The van der Waals surface area contributed by atoms with E-state index in [4.69, 9.17) is 0 Å². The second-order valence-corrected chi connectivity index (χ2v) is 4.72. The Hall–Kier alpha value is 0.0800. The van der Waals surface area contributed by atoms with Gasteiger partial charge < -0.3 is 4.57 Å². The lowest BCUT2D eigenvalue weighted by Gasteiger charge is -1.96. The van der Waals surface area contributed by atoms with E-state index >= 15 is 0 Å². The summed E-state index contributed by atoms with van der Waals surface area (Å²) in [4.78, 5) is 8.63. The van der Waals surface area contributed by atoms with Gasteiger partial charge in [0, 0.05) is 10.6 Å². The molecule has 0 saturated carbocycles. The van der Waals surface area contributed by atoms with Gasteiger partial charge in [0.1, 0.15) is 9.22 Å². The molecule has 0 spiro atoms. The molecule has 0 unspecified atom stereocenters. The summed E-state index contributed by atoms with van der Waals surface area (Å²) in [6.45, 7) is 0. The Morgan fingerprint density at radius 3 is 2.92 bits per heavy atom. The number of imidazole rings is 1. The van der Waals surface area contributed by atoms with Crippen molar-refractivity contribution in [2.24, 2.45) is 7.05 Å². The first-order valence-corrected chi connectivity index (χ1v) is 5.47. The van der Waals surface area contributed by atoms with Gasteiger partial charge in [-0.25, -0.2) is 9.97 Å². The van der Waals surface area contributed by atoms with Crippen molar-refractivity contribution in [2.75, 3.05) is 0 Å². The van der Waals surface area contributed by atoms with Gasteiger partial charge in [-0.05, 0) is 51.2 Å². The van der Waals surface area contributed by atoms with E-state index in [0.717, 1.165) is 18.4 Å². The van der Waals surface area contributed by atoms with Crippen molar-refractivity contribution < 1.29 is 0 Å². The van der Waals surface area contributed by atoms with Gasteiger partial charge in [-0.1, -0.05) is 0 Å². The van der Waals surface area contributed by atoms with Crippen LogP contribution in [-0.4, -0.2) is 14.5 Å². The average molecular weight is 385 g/mol. The number of aromatic nitrogens is 3. The van der Waals surface area contributed by atoms with Crippen LogP contribution in [0.4, 0.5) is 0 Å². The van der Waals surface area contributed by atoms with Gasteiger partial charge in [0.25, 0.3) is 0 Å². The van der Waals surface area contributed by atoms with Crippen molar-refractivity contribution in [2.45, 2.75) is 0 Å². The van der Waals surface area contributed by atoms with Crippen LogP contribution in [0.3, 0.4) is 0 Å². The monoisotopic (exact) mass is 385 g/mol. The molecule has 5 heteroatoms. The number of hydrogen-bond donors (Lipinski definition) is 0. The molecule has 0 bridgehead atoms. The molecular weight excluding hydrogens is 380 g/mol. The van der Waals surface area contributed by atoms with Crippen LogP contribution in [-0.2, 0) is 7.05 Å². The SMILES string of the molecule is Cn1cnc2c(I)cc(I)nc21. The number of nitrogens with zero attached hydrogens (tertiary/aromatic N) is 3. The number of aryl methyl sites for hydroxylation is 1. The van der Waals surface area contributed by atoms with Crippen molar-refractivity contribution in [1.82, 2.24) is 14.5 Å². The molecule has 3 nitrogen and oxygen atoms in total. The molecule has 2 aromatic heterocycles. The number of pyridine rings is 1. The van der Waals surface area contributed by atoms with Crippen molar-refractivity contribution in [3.63, 3.8) is 0 Å². The summed E-state index contributed by atoms with van der Waals surface area (Å²) in [5.74, 6) is 0. The second-order valence-electron chi connectivity index (χ2n) is 2.45. The van der Waals surface area contributed by atoms with E-state index in [9.17, 15) is 0 Å². The summed E-state index contributed by atoms with van der Waals surface area (Å²) in [7, 11) is 1.95. The molecule has 2 heterocycles. The van der Waals surface area contributed by atoms with E-state index in [1.54, 1.807) is 6.33 Å². The van der Waals surface area contributed by atoms with Gasteiger partial charge in [0.05, 0.1) is 6.33 Å². The summed E-state index contributed by atoms with van der Waals surface area (Å²) in [5, 5.41) is 0. The first kappa shape index (κ1) is 8.67. The predicted molar refractivity (Wildman–Crippen MR) is 63.9 cm³/mol. The van der Waals surface area contributed by atoms with E-state index in [2.05, 4.69) is 55.1 Å². The molecule has 0 fully saturated rings. The van der Waals surface area contributed by atoms with Crippen molar-refractivity contribution in [3.05, 3.63) is 19.7 Å². The highest BCUT2D eigenvalue weighted by molar-refractivity contribution is 14.1. The fraction of sp³-hybridized carbons (Fsp3) is 0.143. The average Bonchev–Trinajstić information content (AvgIpc) is 2.33. The Morgan fingerprint density at radius 2 is 2.17 bits per heavy atom. The molecule has 0 atom stereocenters. The van der Waals surface area contributed by atoms with Crippen LogP contribution in [0.5, 0.6) is 0 Å². The van der Waals surface area contributed by atoms with Crippen LogP contribution < -0.4 is 0 Å². The summed E-state index contributed by atoms with van der Waals surface area (Å²) >= 11 is 4.49. The van der Waals surface area contributed by atoms with Crippen LogP contribution in [0.25, 0.3) is 11.2 Å². The highest BCUT2D eigenvalue weighted by Crippen LogP contribution is 2.18. The summed E-state index contributed by atoms with van der Waals surface area (Å²) < 4.78 is 4.09. The van der Waals surface area contributed by atoms with E-state index < -0.39 is 0 Å². The smallest absolute Gasteiger partial charge is 0.161 e. The minimum Gasteiger partial charge on any atom is -0.318 e. The molecule has 12 heavy (non-hydrogen) atoms. The molecule has 0 amide bonds. The van der Waals surface area contributed by atoms with Crippen LogP contribution >= 0.6 is 45.2 Å². The molecule has 0 aliphatic rings. The quantitative estimate of drug-likeness (QED) is 0.515. The van der Waals surface area contributed by atoms with Crippen molar-refractivity contribution in [1.29, 1.82) is 0 Å². The molecule has 0 aliphatic heterocycles. The van der Waals surface area contributed by atoms with Crippen LogP contribution in [0.1, 0.15) is 0 Å². The van der Waals surface area contributed by atoms with Gasteiger partial charge in [-0.15, -0.1) is 0 Å². The summed E-state index contributed by atoms with van der Waals surface area (Å²) in [5.41, 5.74) is 1.94. The Bertz CT molecular complexity index is 435. The Kier molecular flexibility index (Phi) is 2.23. The van der Waals surface area contributed by atoms with Crippen LogP contribution in [0.2, 0.25) is 0 Å². The molecule has 2 aromatic rings. The molecule has 0 aliphatic carbocycles. The van der Waals surface area contributed by atoms with Crippen LogP contribution in [0, 0.1) is 7.27 Å². The fourth-order valence-corrected chi connectivity index (χ4v) is 2.84. The minimum absolute atomic E-state index is 0.950. The third-order valence-electron chi connectivity index (χ3n) is 1.59. The van der Waals surface area contributed by atoms with E-state index in [1.807, 2.05) is 17.7 Å². The molecule has 0 radical (unpaired) electrons. The third-order valence-corrected chi connectivity index (χ3v) is 2.97. The predicted octanol–water partition coefficient (Wildman–Crippen LogP) is 2.18. The van der Waals surface area contributed by atoms with Crippen LogP contribution in [0.15, 0.2) is 12.4 Å². The zero-order chi connectivity index (χ0) is 8.72. The van der Waals surface area contributed by atoms with E-state index in [0.29, 0.717) is 0 Å². The first-order chi connectivity index (χ1) is 5.68. The molecule has 0 N–H and O–H groups in total. The summed E-state index contributed by atoms with van der Waals surface area (Å²) in [6.07, 6.45) is 1.79. The van der Waals surface area contributed by atoms with E-state index in [1.165, 1.54) is 0 Å². The fourth-order valence-electron chi connectivity index (χ4n) is 1.03. The highest BCUT2D eigenvalue weighted by Gasteiger charge is 2.05. The molecular formula is C7H5I2N3. The third kappa shape index (κ3) is 1.32. The molecule has 62 valence electrons.